The van der Waals surface area contributed by atoms with Crippen LogP contribution in [0.5, 0.6) is 0 Å². The third-order valence-electron chi connectivity index (χ3n) is 4.57. The Bertz CT molecular complexity index is 795. The third-order valence-corrected chi connectivity index (χ3v) is 5.12. The molecule has 0 spiro atoms. The van der Waals surface area contributed by atoms with Gasteiger partial charge in [0.1, 0.15) is 17.5 Å². The van der Waals surface area contributed by atoms with Gasteiger partial charge in [0.2, 0.25) is 0 Å². The summed E-state index contributed by atoms with van der Waals surface area (Å²) < 4.78 is 0. The second kappa shape index (κ2) is 7.08. The maximum atomic E-state index is 12.4. The molecule has 3 rings (SSSR count). The molecule has 124 valence electrons. The SMILES string of the molecule is CCc1ccc(-c2ccc(Cl)cc2Cl)cc1C1C(=O)CCCC1=O. The van der Waals surface area contributed by atoms with E-state index in [2.05, 4.69) is 0 Å². The van der Waals surface area contributed by atoms with E-state index in [0.29, 0.717) is 29.3 Å². The summed E-state index contributed by atoms with van der Waals surface area (Å²) in [7, 11) is 0. The fraction of sp³-hybridized carbons (Fsp3) is 0.300. The van der Waals surface area contributed by atoms with Crippen molar-refractivity contribution in [2.45, 2.75) is 38.5 Å². The average Bonchev–Trinajstić information content (AvgIpc) is 2.54. The smallest absolute Gasteiger partial charge is 0.147 e. The fourth-order valence-corrected chi connectivity index (χ4v) is 3.85. The number of Topliss-reactive ketones (excluding diaryl/α,β-unsaturated/α-hetero) is 2. The predicted molar refractivity (Wildman–Crippen MR) is 97.9 cm³/mol. The minimum Gasteiger partial charge on any atom is -0.299 e. The van der Waals surface area contributed by atoms with Gasteiger partial charge in [-0.05, 0) is 47.7 Å². The highest BCUT2D eigenvalue weighted by molar-refractivity contribution is 6.36. The zero-order chi connectivity index (χ0) is 17.3. The molecule has 1 aliphatic rings. The van der Waals surface area contributed by atoms with Gasteiger partial charge in [-0.3, -0.25) is 9.59 Å². The summed E-state index contributed by atoms with van der Waals surface area (Å²) in [5, 5.41) is 1.13. The number of carbonyl (C=O) groups excluding carboxylic acids is 2. The number of hydrogen-bond donors (Lipinski definition) is 0. The van der Waals surface area contributed by atoms with Crippen LogP contribution < -0.4 is 0 Å². The molecule has 0 atom stereocenters. The van der Waals surface area contributed by atoms with Crippen LogP contribution in [0.4, 0.5) is 0 Å². The molecule has 1 aliphatic carbocycles. The quantitative estimate of drug-likeness (QED) is 0.664. The number of hydrogen-bond acceptors (Lipinski definition) is 2. The van der Waals surface area contributed by atoms with Gasteiger partial charge >= 0.3 is 0 Å². The highest BCUT2D eigenvalue weighted by Crippen LogP contribution is 2.36. The summed E-state index contributed by atoms with van der Waals surface area (Å²) >= 11 is 12.3. The number of carbonyl (C=O) groups is 2. The van der Waals surface area contributed by atoms with Crippen LogP contribution in [0.2, 0.25) is 10.0 Å². The highest BCUT2D eigenvalue weighted by Gasteiger charge is 2.32. The number of benzene rings is 2. The van der Waals surface area contributed by atoms with E-state index in [9.17, 15) is 9.59 Å². The lowest BCUT2D eigenvalue weighted by Gasteiger charge is -2.23. The maximum Gasteiger partial charge on any atom is 0.147 e. The van der Waals surface area contributed by atoms with Crippen molar-refractivity contribution in [1.82, 2.24) is 0 Å². The van der Waals surface area contributed by atoms with E-state index in [1.54, 1.807) is 12.1 Å². The van der Waals surface area contributed by atoms with Crippen LogP contribution in [0.1, 0.15) is 43.2 Å². The second-order valence-corrected chi connectivity index (χ2v) is 6.95. The Kier molecular flexibility index (Phi) is 5.07. The Balaban J connectivity index is 2.12. The second-order valence-electron chi connectivity index (χ2n) is 6.11. The van der Waals surface area contributed by atoms with E-state index in [4.69, 9.17) is 23.2 Å². The molecule has 1 saturated carbocycles. The summed E-state index contributed by atoms with van der Waals surface area (Å²) in [6, 6.07) is 11.3. The lowest BCUT2D eigenvalue weighted by Crippen LogP contribution is -2.27. The molecule has 0 saturated heterocycles. The molecule has 4 heteroatoms. The lowest BCUT2D eigenvalue weighted by atomic mass is 9.79. The summed E-state index contributed by atoms with van der Waals surface area (Å²) in [6.07, 6.45) is 2.40. The lowest BCUT2D eigenvalue weighted by molar-refractivity contribution is -0.131. The normalized spacial score (nSPS) is 15.8. The van der Waals surface area contributed by atoms with E-state index < -0.39 is 5.92 Å². The van der Waals surface area contributed by atoms with E-state index in [0.717, 1.165) is 28.7 Å². The molecule has 0 amide bonds. The van der Waals surface area contributed by atoms with Crippen LogP contribution in [0.15, 0.2) is 36.4 Å². The number of ketones is 2. The topological polar surface area (TPSA) is 34.1 Å². The number of rotatable bonds is 3. The van der Waals surface area contributed by atoms with Crippen molar-refractivity contribution in [1.29, 1.82) is 0 Å². The van der Waals surface area contributed by atoms with Crippen LogP contribution >= 0.6 is 23.2 Å². The van der Waals surface area contributed by atoms with Gasteiger partial charge in [-0.25, -0.2) is 0 Å². The van der Waals surface area contributed by atoms with Crippen molar-refractivity contribution in [2.24, 2.45) is 0 Å². The van der Waals surface area contributed by atoms with Crippen molar-refractivity contribution in [3.8, 4) is 11.1 Å². The zero-order valence-corrected chi connectivity index (χ0v) is 15.0. The molecule has 0 aliphatic heterocycles. The first-order chi connectivity index (χ1) is 11.5. The maximum absolute atomic E-state index is 12.4. The van der Waals surface area contributed by atoms with E-state index in [1.807, 2.05) is 31.2 Å². The van der Waals surface area contributed by atoms with Crippen LogP contribution in [-0.4, -0.2) is 11.6 Å². The molecule has 24 heavy (non-hydrogen) atoms. The van der Waals surface area contributed by atoms with E-state index in [-0.39, 0.29) is 11.6 Å². The first-order valence-corrected chi connectivity index (χ1v) is 8.90. The summed E-state index contributed by atoms with van der Waals surface area (Å²) in [4.78, 5) is 24.7. The molecule has 0 unspecified atom stereocenters. The molecule has 0 N–H and O–H groups in total. The first-order valence-electron chi connectivity index (χ1n) is 8.15. The molecule has 2 nitrogen and oxygen atoms in total. The number of aryl methyl sites for hydroxylation is 1. The molecular formula is C20H18Cl2O2. The van der Waals surface area contributed by atoms with Crippen LogP contribution in [0, 0.1) is 0 Å². The Morgan fingerprint density at radius 2 is 1.71 bits per heavy atom. The van der Waals surface area contributed by atoms with Gasteiger partial charge < -0.3 is 0 Å². The Hall–Kier alpha value is -1.64. The van der Waals surface area contributed by atoms with Gasteiger partial charge in [0.25, 0.3) is 0 Å². The summed E-state index contributed by atoms with van der Waals surface area (Å²) in [6.45, 7) is 2.03. The molecule has 2 aromatic rings. The molecule has 0 radical (unpaired) electrons. The fourth-order valence-electron chi connectivity index (χ4n) is 3.33. The molecule has 1 fully saturated rings. The van der Waals surface area contributed by atoms with E-state index >= 15 is 0 Å². The van der Waals surface area contributed by atoms with Gasteiger partial charge in [-0.15, -0.1) is 0 Å². The number of halogens is 2. The summed E-state index contributed by atoms with van der Waals surface area (Å²) in [5.41, 5.74) is 3.61. The molecule has 0 aromatic heterocycles. The Morgan fingerprint density at radius 3 is 2.33 bits per heavy atom. The van der Waals surface area contributed by atoms with Gasteiger partial charge in [-0.1, -0.05) is 48.3 Å². The molecular weight excluding hydrogens is 343 g/mol. The predicted octanol–water partition coefficient (Wildman–Crippen LogP) is 5.63. The van der Waals surface area contributed by atoms with Gasteiger partial charge in [0, 0.05) is 28.5 Å². The zero-order valence-electron chi connectivity index (χ0n) is 13.4. The van der Waals surface area contributed by atoms with E-state index in [1.165, 1.54) is 0 Å². The third kappa shape index (κ3) is 3.26. The van der Waals surface area contributed by atoms with Crippen LogP contribution in [0.25, 0.3) is 11.1 Å². The Labute approximate surface area is 151 Å². The van der Waals surface area contributed by atoms with Crippen LogP contribution in [-0.2, 0) is 16.0 Å². The van der Waals surface area contributed by atoms with Gasteiger partial charge in [0.15, 0.2) is 0 Å². The minimum absolute atomic E-state index is 0.0281. The standard InChI is InChI=1S/C20H18Cl2O2/c1-2-12-6-7-13(15-9-8-14(21)11-17(15)22)10-16(12)20-18(23)4-3-5-19(20)24/h6-11,20H,2-5H2,1H3. The van der Waals surface area contributed by atoms with Gasteiger partial charge in [-0.2, -0.15) is 0 Å². The monoisotopic (exact) mass is 360 g/mol. The first kappa shape index (κ1) is 17.2. The van der Waals surface area contributed by atoms with Gasteiger partial charge in [0.05, 0.1) is 0 Å². The van der Waals surface area contributed by atoms with Crippen molar-refractivity contribution in [3.05, 3.63) is 57.6 Å². The van der Waals surface area contributed by atoms with Crippen molar-refractivity contribution in [2.75, 3.05) is 0 Å². The minimum atomic E-state index is -0.625. The largest absolute Gasteiger partial charge is 0.299 e. The molecule has 0 bridgehead atoms. The van der Waals surface area contributed by atoms with Crippen molar-refractivity contribution < 1.29 is 9.59 Å². The molecule has 2 aromatic carbocycles. The average molecular weight is 361 g/mol. The van der Waals surface area contributed by atoms with Crippen molar-refractivity contribution >= 4 is 34.8 Å². The highest BCUT2D eigenvalue weighted by atomic mass is 35.5. The Morgan fingerprint density at radius 1 is 1.00 bits per heavy atom. The summed E-state index contributed by atoms with van der Waals surface area (Å²) in [5.74, 6) is -0.569. The van der Waals surface area contributed by atoms with Crippen molar-refractivity contribution in [3.63, 3.8) is 0 Å². The molecule has 0 heterocycles. The van der Waals surface area contributed by atoms with Crippen LogP contribution in [0.3, 0.4) is 0 Å².